The molecule has 0 aromatic heterocycles. The second-order valence-electron chi connectivity index (χ2n) is 3.76. The average Bonchev–Trinajstić information content (AvgIpc) is 2.18. The molecule has 0 bridgehead atoms. The number of nitrogens with two attached hydrogens (primary N) is 1. The van der Waals surface area contributed by atoms with Crippen LogP contribution in [0.5, 0.6) is 0 Å². The first-order valence-electron chi connectivity index (χ1n) is 4.98. The Balaban J connectivity index is 2.46. The van der Waals surface area contributed by atoms with E-state index in [2.05, 4.69) is 0 Å². The molecule has 80 valence electrons. The molecule has 1 amide bonds. The predicted octanol–water partition coefficient (Wildman–Crippen LogP) is -0.269. The highest BCUT2D eigenvalue weighted by molar-refractivity contribution is 5.87. The van der Waals surface area contributed by atoms with Crippen molar-refractivity contribution in [3.8, 4) is 0 Å². The van der Waals surface area contributed by atoms with Crippen LogP contribution in [0.2, 0.25) is 0 Å². The number of carbonyl (C=O) groups excluding carboxylic acids is 1. The van der Waals surface area contributed by atoms with Gasteiger partial charge in [0.1, 0.15) is 0 Å². The van der Waals surface area contributed by atoms with E-state index in [9.17, 15) is 9.90 Å². The largest absolute Gasteiger partial charge is 0.391 e. The SMILES string of the molecule is CC1CCN(C(=O)/C=C/CN)CC1O. The van der Waals surface area contributed by atoms with E-state index in [0.29, 0.717) is 13.1 Å². The predicted molar refractivity (Wildman–Crippen MR) is 54.6 cm³/mol. The zero-order valence-corrected chi connectivity index (χ0v) is 8.52. The lowest BCUT2D eigenvalue weighted by atomic mass is 9.96. The maximum absolute atomic E-state index is 11.5. The Hall–Kier alpha value is -0.870. The number of β-amino-alcohol motifs (C(OH)–C–C–N with tert-alkyl or cyclic N) is 1. The highest BCUT2D eigenvalue weighted by Gasteiger charge is 2.25. The van der Waals surface area contributed by atoms with Crippen LogP contribution in [0.25, 0.3) is 0 Å². The van der Waals surface area contributed by atoms with Crippen LogP contribution in [-0.2, 0) is 4.79 Å². The molecule has 0 radical (unpaired) electrons. The number of carbonyl (C=O) groups is 1. The average molecular weight is 198 g/mol. The molecule has 1 aliphatic heterocycles. The molecule has 1 heterocycles. The van der Waals surface area contributed by atoms with Crippen LogP contribution in [0.3, 0.4) is 0 Å². The maximum Gasteiger partial charge on any atom is 0.246 e. The summed E-state index contributed by atoms with van der Waals surface area (Å²) in [5, 5.41) is 9.58. The molecule has 1 aliphatic rings. The molecule has 14 heavy (non-hydrogen) atoms. The summed E-state index contributed by atoms with van der Waals surface area (Å²) in [7, 11) is 0. The number of hydrogen-bond acceptors (Lipinski definition) is 3. The summed E-state index contributed by atoms with van der Waals surface area (Å²) in [6, 6.07) is 0. The van der Waals surface area contributed by atoms with Crippen LogP contribution in [0.4, 0.5) is 0 Å². The molecule has 0 aliphatic carbocycles. The van der Waals surface area contributed by atoms with Gasteiger partial charge in [-0.2, -0.15) is 0 Å². The topological polar surface area (TPSA) is 66.6 Å². The number of aliphatic hydroxyl groups excluding tert-OH is 1. The van der Waals surface area contributed by atoms with Crippen molar-refractivity contribution in [2.75, 3.05) is 19.6 Å². The summed E-state index contributed by atoms with van der Waals surface area (Å²) in [6.45, 7) is 3.54. The second kappa shape index (κ2) is 5.12. The van der Waals surface area contributed by atoms with E-state index in [1.54, 1.807) is 11.0 Å². The van der Waals surface area contributed by atoms with Gasteiger partial charge in [-0.05, 0) is 12.3 Å². The Morgan fingerprint density at radius 2 is 2.43 bits per heavy atom. The smallest absolute Gasteiger partial charge is 0.246 e. The van der Waals surface area contributed by atoms with Crippen LogP contribution in [-0.4, -0.2) is 41.7 Å². The molecule has 0 saturated carbocycles. The molecule has 0 spiro atoms. The Morgan fingerprint density at radius 1 is 1.71 bits per heavy atom. The first-order valence-corrected chi connectivity index (χ1v) is 4.98. The van der Waals surface area contributed by atoms with E-state index in [4.69, 9.17) is 5.73 Å². The van der Waals surface area contributed by atoms with Gasteiger partial charge in [-0.3, -0.25) is 4.79 Å². The van der Waals surface area contributed by atoms with E-state index < -0.39 is 0 Å². The van der Waals surface area contributed by atoms with E-state index >= 15 is 0 Å². The van der Waals surface area contributed by atoms with E-state index in [-0.39, 0.29) is 17.9 Å². The van der Waals surface area contributed by atoms with Gasteiger partial charge in [-0.15, -0.1) is 0 Å². The lowest BCUT2D eigenvalue weighted by molar-refractivity contribution is -0.130. The fourth-order valence-electron chi connectivity index (χ4n) is 1.52. The number of nitrogens with zero attached hydrogens (tertiary/aromatic N) is 1. The molecule has 3 N–H and O–H groups in total. The Kier molecular flexibility index (Phi) is 4.10. The highest BCUT2D eigenvalue weighted by Crippen LogP contribution is 2.16. The minimum Gasteiger partial charge on any atom is -0.391 e. The second-order valence-corrected chi connectivity index (χ2v) is 3.76. The van der Waals surface area contributed by atoms with Crippen molar-refractivity contribution in [2.45, 2.75) is 19.4 Å². The lowest BCUT2D eigenvalue weighted by Crippen LogP contribution is -2.45. The minimum atomic E-state index is -0.390. The van der Waals surface area contributed by atoms with Gasteiger partial charge >= 0.3 is 0 Å². The Labute approximate surface area is 84.4 Å². The van der Waals surface area contributed by atoms with Gasteiger partial charge in [-0.25, -0.2) is 0 Å². The summed E-state index contributed by atoms with van der Waals surface area (Å²) in [4.78, 5) is 13.1. The molecule has 4 heteroatoms. The standard InChI is InChI=1S/C10H18N2O2/c1-8-4-6-12(7-9(8)13)10(14)3-2-5-11/h2-3,8-9,13H,4-7,11H2,1H3/b3-2+. The number of aliphatic hydroxyl groups is 1. The Morgan fingerprint density at radius 3 is 3.00 bits per heavy atom. The first kappa shape index (κ1) is 11.2. The van der Waals surface area contributed by atoms with Gasteiger partial charge in [0.25, 0.3) is 0 Å². The van der Waals surface area contributed by atoms with Crippen molar-refractivity contribution in [3.63, 3.8) is 0 Å². The van der Waals surface area contributed by atoms with E-state index in [0.717, 1.165) is 13.0 Å². The summed E-state index contributed by atoms with van der Waals surface area (Å²) in [5.74, 6) is 0.235. The molecule has 1 saturated heterocycles. The van der Waals surface area contributed by atoms with E-state index in [1.807, 2.05) is 6.92 Å². The molecule has 2 atom stereocenters. The molecule has 2 unspecified atom stereocenters. The normalized spacial score (nSPS) is 28.4. The van der Waals surface area contributed by atoms with Crippen molar-refractivity contribution in [1.82, 2.24) is 4.90 Å². The van der Waals surface area contributed by atoms with Gasteiger partial charge < -0.3 is 15.7 Å². The van der Waals surface area contributed by atoms with Gasteiger partial charge in [0, 0.05) is 25.7 Å². The van der Waals surface area contributed by atoms with Gasteiger partial charge in [0.15, 0.2) is 0 Å². The molecule has 0 aromatic rings. The molecule has 1 rings (SSSR count). The highest BCUT2D eigenvalue weighted by atomic mass is 16.3. The van der Waals surface area contributed by atoms with E-state index in [1.165, 1.54) is 6.08 Å². The van der Waals surface area contributed by atoms with Crippen molar-refractivity contribution >= 4 is 5.91 Å². The summed E-state index contributed by atoms with van der Waals surface area (Å²) < 4.78 is 0. The van der Waals surface area contributed by atoms with Gasteiger partial charge in [0.2, 0.25) is 5.91 Å². The molecule has 1 fully saturated rings. The fourth-order valence-corrected chi connectivity index (χ4v) is 1.52. The quantitative estimate of drug-likeness (QED) is 0.600. The zero-order valence-electron chi connectivity index (χ0n) is 8.52. The van der Waals surface area contributed by atoms with Gasteiger partial charge in [0.05, 0.1) is 6.10 Å². The minimum absolute atomic E-state index is 0.0543. The van der Waals surface area contributed by atoms with Crippen LogP contribution < -0.4 is 5.73 Å². The van der Waals surface area contributed by atoms with Crippen molar-refractivity contribution in [1.29, 1.82) is 0 Å². The number of hydrogen-bond donors (Lipinski definition) is 2. The molecule has 4 nitrogen and oxygen atoms in total. The van der Waals surface area contributed by atoms with Gasteiger partial charge in [-0.1, -0.05) is 13.0 Å². The Bertz CT molecular complexity index is 228. The molecular formula is C10H18N2O2. The molecular weight excluding hydrogens is 180 g/mol. The lowest BCUT2D eigenvalue weighted by Gasteiger charge is -2.33. The van der Waals surface area contributed by atoms with Crippen molar-refractivity contribution < 1.29 is 9.90 Å². The third kappa shape index (κ3) is 2.82. The van der Waals surface area contributed by atoms with Crippen LogP contribution in [0.1, 0.15) is 13.3 Å². The van der Waals surface area contributed by atoms with Crippen molar-refractivity contribution in [2.24, 2.45) is 11.7 Å². The first-order chi connectivity index (χ1) is 6.65. The number of piperidine rings is 1. The monoisotopic (exact) mass is 198 g/mol. The summed E-state index contributed by atoms with van der Waals surface area (Å²) in [5.41, 5.74) is 5.25. The zero-order chi connectivity index (χ0) is 10.6. The van der Waals surface area contributed by atoms with Crippen LogP contribution in [0, 0.1) is 5.92 Å². The fraction of sp³-hybridized carbons (Fsp3) is 0.700. The summed E-state index contributed by atoms with van der Waals surface area (Å²) in [6.07, 6.45) is 3.58. The number of amides is 1. The molecule has 0 aromatic carbocycles. The van der Waals surface area contributed by atoms with Crippen LogP contribution >= 0.6 is 0 Å². The van der Waals surface area contributed by atoms with Crippen molar-refractivity contribution in [3.05, 3.63) is 12.2 Å². The number of likely N-dealkylation sites (tertiary alicyclic amines) is 1. The summed E-state index contributed by atoms with van der Waals surface area (Å²) >= 11 is 0. The third-order valence-electron chi connectivity index (χ3n) is 2.63. The maximum atomic E-state index is 11.5. The third-order valence-corrected chi connectivity index (χ3v) is 2.63. The number of rotatable bonds is 2. The van der Waals surface area contributed by atoms with Crippen LogP contribution in [0.15, 0.2) is 12.2 Å².